The summed E-state index contributed by atoms with van der Waals surface area (Å²) < 4.78 is 5.78. The maximum absolute atomic E-state index is 13.1. The maximum Gasteiger partial charge on any atom is 0.325 e. The summed E-state index contributed by atoms with van der Waals surface area (Å²) in [4.78, 5) is 56.3. The molecular weight excluding hydrogens is 486 g/mol. The number of aryl methyl sites for hydroxylation is 1. The molecule has 2 aliphatic heterocycles. The van der Waals surface area contributed by atoms with E-state index in [0.717, 1.165) is 22.0 Å². The van der Waals surface area contributed by atoms with Gasteiger partial charge in [0.1, 0.15) is 24.2 Å². The third-order valence-corrected chi connectivity index (χ3v) is 7.13. The monoisotopic (exact) mass is 523 g/mol. The fourth-order valence-electron chi connectivity index (χ4n) is 4.84. The SMILES string of the molecule is CC(C)C1NC(=O)CCCc2cc3cc(ccc3cn2)[C@@H](C)OC(=O)[C@@H]2CCCN(N2)C(=O)[C@H](C)NC1=O. The number of hydrazine groups is 1. The van der Waals surface area contributed by atoms with Crippen molar-refractivity contribution >= 4 is 34.5 Å². The number of esters is 1. The predicted molar refractivity (Wildman–Crippen MR) is 141 cm³/mol. The van der Waals surface area contributed by atoms with Crippen molar-refractivity contribution in [2.75, 3.05) is 6.54 Å². The molecular formula is C28H37N5O5. The second-order valence-electron chi connectivity index (χ2n) is 10.5. The first-order valence-corrected chi connectivity index (χ1v) is 13.4. The summed E-state index contributed by atoms with van der Waals surface area (Å²) in [5.74, 6) is -1.62. The number of carbonyl (C=O) groups excluding carboxylic acids is 4. The molecule has 2 aliphatic rings. The van der Waals surface area contributed by atoms with Crippen molar-refractivity contribution in [3.63, 3.8) is 0 Å². The molecule has 38 heavy (non-hydrogen) atoms. The Morgan fingerprint density at radius 3 is 2.55 bits per heavy atom. The lowest BCUT2D eigenvalue weighted by Gasteiger charge is -2.35. The van der Waals surface area contributed by atoms with Crippen LogP contribution < -0.4 is 16.1 Å². The summed E-state index contributed by atoms with van der Waals surface area (Å²) in [5.41, 5.74) is 4.69. The first-order chi connectivity index (χ1) is 18.1. The third kappa shape index (κ3) is 6.48. The predicted octanol–water partition coefficient (Wildman–Crippen LogP) is 2.32. The van der Waals surface area contributed by atoms with Crippen molar-refractivity contribution in [2.45, 2.75) is 84.0 Å². The lowest BCUT2D eigenvalue weighted by molar-refractivity contribution is -0.157. The molecule has 4 rings (SSSR count). The fourth-order valence-corrected chi connectivity index (χ4v) is 4.84. The molecule has 1 unspecified atom stereocenters. The van der Waals surface area contributed by atoms with Crippen molar-refractivity contribution < 1.29 is 23.9 Å². The summed E-state index contributed by atoms with van der Waals surface area (Å²) in [6.45, 7) is 7.51. The van der Waals surface area contributed by atoms with Crippen LogP contribution in [0.1, 0.15) is 70.7 Å². The molecule has 4 atom stereocenters. The summed E-state index contributed by atoms with van der Waals surface area (Å²) in [6.07, 6.45) is 3.89. The lowest BCUT2D eigenvalue weighted by atomic mass is 10.0. The highest BCUT2D eigenvalue weighted by Crippen LogP contribution is 2.24. The number of ether oxygens (including phenoxy) is 1. The average molecular weight is 524 g/mol. The summed E-state index contributed by atoms with van der Waals surface area (Å²) in [7, 11) is 0. The molecule has 10 nitrogen and oxygen atoms in total. The van der Waals surface area contributed by atoms with Crippen LogP contribution in [0.25, 0.3) is 10.8 Å². The van der Waals surface area contributed by atoms with Gasteiger partial charge in [-0.3, -0.25) is 29.2 Å². The number of carbonyl (C=O) groups is 4. The second-order valence-corrected chi connectivity index (χ2v) is 10.5. The van der Waals surface area contributed by atoms with Gasteiger partial charge in [0, 0.05) is 30.2 Å². The number of fused-ring (bicyclic) bond motifs is 4. The van der Waals surface area contributed by atoms with Gasteiger partial charge in [-0.15, -0.1) is 0 Å². The minimum atomic E-state index is -0.847. The van der Waals surface area contributed by atoms with Crippen molar-refractivity contribution in [2.24, 2.45) is 5.92 Å². The van der Waals surface area contributed by atoms with Gasteiger partial charge in [0.05, 0.1) is 0 Å². The van der Waals surface area contributed by atoms with E-state index >= 15 is 0 Å². The largest absolute Gasteiger partial charge is 0.457 e. The van der Waals surface area contributed by atoms with Crippen LogP contribution in [0, 0.1) is 5.92 Å². The van der Waals surface area contributed by atoms with E-state index in [1.54, 1.807) is 13.1 Å². The molecule has 3 N–H and O–H groups in total. The Morgan fingerprint density at radius 1 is 1.00 bits per heavy atom. The zero-order valence-corrected chi connectivity index (χ0v) is 22.5. The standard InChI is InChI=1S/C28H37N5O5/c1-16(2)25-26(35)30-17(3)27(36)33-12-6-8-23(32-33)28(37)38-18(4)19-10-11-20-15-29-22(14-21(20)13-19)7-5-9-24(34)31-25/h10-11,13-18,23,25,32H,5-9,12H2,1-4H3,(H,30,35)(H,31,34)/t17-,18+,23-,25?/m0/s1. The molecule has 1 aromatic carbocycles. The normalized spacial score (nSPS) is 26.2. The fraction of sp³-hybridized carbons (Fsp3) is 0.536. The van der Waals surface area contributed by atoms with E-state index in [2.05, 4.69) is 21.0 Å². The van der Waals surface area contributed by atoms with Crippen LogP contribution in [0.4, 0.5) is 0 Å². The molecule has 2 aromatic rings. The Hall–Kier alpha value is -3.53. The first-order valence-electron chi connectivity index (χ1n) is 13.4. The van der Waals surface area contributed by atoms with Crippen molar-refractivity contribution in [3.8, 4) is 0 Å². The molecule has 204 valence electrons. The van der Waals surface area contributed by atoms with Crippen LogP contribution in [-0.4, -0.2) is 58.4 Å². The van der Waals surface area contributed by atoms with E-state index in [0.29, 0.717) is 32.2 Å². The van der Waals surface area contributed by atoms with Gasteiger partial charge in [0.25, 0.3) is 5.91 Å². The smallest absolute Gasteiger partial charge is 0.325 e. The number of hydrogen-bond acceptors (Lipinski definition) is 7. The second kappa shape index (κ2) is 11.9. The van der Waals surface area contributed by atoms with Gasteiger partial charge in [0.15, 0.2) is 0 Å². The van der Waals surface area contributed by atoms with Crippen LogP contribution in [-0.2, 0) is 30.3 Å². The van der Waals surface area contributed by atoms with E-state index in [1.165, 1.54) is 5.01 Å². The molecule has 1 saturated heterocycles. The van der Waals surface area contributed by atoms with Gasteiger partial charge in [0.2, 0.25) is 11.8 Å². The first kappa shape index (κ1) is 27.5. The quantitative estimate of drug-likeness (QED) is 0.489. The highest BCUT2D eigenvalue weighted by Gasteiger charge is 2.33. The zero-order chi connectivity index (χ0) is 27.4. The summed E-state index contributed by atoms with van der Waals surface area (Å²) in [5, 5.41) is 8.88. The average Bonchev–Trinajstić information content (AvgIpc) is 2.90. The van der Waals surface area contributed by atoms with Crippen LogP contribution in [0.3, 0.4) is 0 Å². The number of benzene rings is 1. The summed E-state index contributed by atoms with van der Waals surface area (Å²) >= 11 is 0. The number of aromatic nitrogens is 1. The topological polar surface area (TPSA) is 130 Å². The Labute approximate surface area is 222 Å². The van der Waals surface area contributed by atoms with Crippen LogP contribution >= 0.6 is 0 Å². The molecule has 0 saturated carbocycles. The van der Waals surface area contributed by atoms with Crippen molar-refractivity contribution in [1.82, 2.24) is 26.1 Å². The number of nitrogens with one attached hydrogen (secondary N) is 3. The Morgan fingerprint density at radius 2 is 1.79 bits per heavy atom. The third-order valence-electron chi connectivity index (χ3n) is 7.13. The molecule has 10 heteroatoms. The Balaban J connectivity index is 1.60. The number of hydrogen-bond donors (Lipinski definition) is 3. The number of nitrogens with zero attached hydrogens (tertiary/aromatic N) is 2. The number of cyclic esters (lactones) is 1. The van der Waals surface area contributed by atoms with E-state index in [-0.39, 0.29) is 24.2 Å². The number of amides is 3. The Bertz CT molecular complexity index is 1220. The highest BCUT2D eigenvalue weighted by atomic mass is 16.5. The molecule has 1 aromatic heterocycles. The zero-order valence-electron chi connectivity index (χ0n) is 22.5. The number of rotatable bonds is 1. The summed E-state index contributed by atoms with van der Waals surface area (Å²) in [6, 6.07) is 5.55. The minimum absolute atomic E-state index is 0.173. The van der Waals surface area contributed by atoms with Crippen LogP contribution in [0.5, 0.6) is 0 Å². The van der Waals surface area contributed by atoms with E-state index in [4.69, 9.17) is 4.74 Å². The molecule has 5 bridgehead atoms. The lowest BCUT2D eigenvalue weighted by Crippen LogP contribution is -2.61. The molecule has 0 radical (unpaired) electrons. The molecule has 0 spiro atoms. The van der Waals surface area contributed by atoms with E-state index < -0.39 is 36.1 Å². The van der Waals surface area contributed by atoms with Gasteiger partial charge < -0.3 is 15.4 Å². The van der Waals surface area contributed by atoms with Gasteiger partial charge in [-0.1, -0.05) is 26.0 Å². The van der Waals surface area contributed by atoms with Gasteiger partial charge >= 0.3 is 5.97 Å². The van der Waals surface area contributed by atoms with Crippen molar-refractivity contribution in [3.05, 3.63) is 41.7 Å². The highest BCUT2D eigenvalue weighted by molar-refractivity contribution is 5.92. The van der Waals surface area contributed by atoms with Gasteiger partial charge in [-0.2, -0.15) is 0 Å². The molecule has 3 amide bonds. The number of pyridine rings is 1. The molecule has 3 heterocycles. The Kier molecular flexibility index (Phi) is 8.61. The maximum atomic E-state index is 13.1. The molecule has 0 aliphatic carbocycles. The van der Waals surface area contributed by atoms with Gasteiger partial charge in [-0.05, 0) is 68.5 Å². The van der Waals surface area contributed by atoms with E-state index in [9.17, 15) is 19.2 Å². The van der Waals surface area contributed by atoms with Crippen LogP contribution in [0.2, 0.25) is 0 Å². The minimum Gasteiger partial charge on any atom is -0.457 e. The van der Waals surface area contributed by atoms with E-state index in [1.807, 2.05) is 45.0 Å². The van der Waals surface area contributed by atoms with Crippen molar-refractivity contribution in [1.29, 1.82) is 0 Å². The van der Waals surface area contributed by atoms with Crippen LogP contribution in [0.15, 0.2) is 30.5 Å². The van der Waals surface area contributed by atoms with Gasteiger partial charge in [-0.25, -0.2) is 5.43 Å². The molecule has 1 fully saturated rings.